The van der Waals surface area contributed by atoms with Crippen LogP contribution < -0.4 is 16.0 Å². The number of halogens is 1. The van der Waals surface area contributed by atoms with E-state index in [4.69, 9.17) is 0 Å². The number of aromatic nitrogens is 4. The highest BCUT2D eigenvalue weighted by Crippen LogP contribution is 2.39. The quantitative estimate of drug-likeness (QED) is 0.301. The molecule has 0 unspecified atom stereocenters. The third kappa shape index (κ3) is 6.29. The Morgan fingerprint density at radius 2 is 2.03 bits per heavy atom. The topological polar surface area (TPSA) is 111 Å². The molecule has 4 N–H and O–H groups in total. The third-order valence-electron chi connectivity index (χ3n) is 5.58. The summed E-state index contributed by atoms with van der Waals surface area (Å²) in [5.41, 5.74) is 2.39. The van der Waals surface area contributed by atoms with E-state index in [0.717, 1.165) is 41.3 Å². The highest BCUT2D eigenvalue weighted by molar-refractivity contribution is 9.10. The second-order valence-corrected chi connectivity index (χ2v) is 8.84. The van der Waals surface area contributed by atoms with E-state index in [2.05, 4.69) is 70.8 Å². The fourth-order valence-corrected chi connectivity index (χ4v) is 3.76. The average Bonchev–Trinajstić information content (AvgIpc) is 3.58. The van der Waals surface area contributed by atoms with Crippen LogP contribution in [-0.4, -0.2) is 57.2 Å². The second kappa shape index (κ2) is 10.8. The first kappa shape index (κ1) is 23.2. The van der Waals surface area contributed by atoms with Crippen LogP contribution in [0.25, 0.3) is 0 Å². The van der Waals surface area contributed by atoms with E-state index in [1.54, 1.807) is 18.3 Å². The Morgan fingerprint density at radius 1 is 1.21 bits per heavy atom. The number of anilines is 4. The van der Waals surface area contributed by atoms with Gasteiger partial charge in [-0.3, -0.25) is 9.89 Å². The van der Waals surface area contributed by atoms with Crippen molar-refractivity contribution in [2.45, 2.75) is 32.6 Å². The number of H-pyrrole nitrogens is 1. The van der Waals surface area contributed by atoms with Crippen molar-refractivity contribution in [3.8, 4) is 0 Å². The van der Waals surface area contributed by atoms with Crippen LogP contribution >= 0.6 is 15.9 Å². The van der Waals surface area contributed by atoms with Crippen molar-refractivity contribution >= 4 is 45.1 Å². The molecule has 10 heteroatoms. The lowest BCUT2D eigenvalue weighted by atomic mass is 10.2. The van der Waals surface area contributed by atoms with Crippen LogP contribution in [-0.2, 0) is 0 Å². The molecule has 1 aromatic carbocycles. The van der Waals surface area contributed by atoms with Gasteiger partial charge >= 0.3 is 0 Å². The maximum Gasteiger partial charge on any atom is 0.251 e. The first-order valence-corrected chi connectivity index (χ1v) is 12.1. The van der Waals surface area contributed by atoms with E-state index in [1.165, 1.54) is 12.8 Å². The van der Waals surface area contributed by atoms with Gasteiger partial charge in [0.15, 0.2) is 5.82 Å². The zero-order chi connectivity index (χ0) is 23.2. The zero-order valence-corrected chi connectivity index (χ0v) is 20.4. The fraction of sp³-hybridized carbons (Fsp3) is 0.391. The Hall–Kier alpha value is -2.98. The molecule has 33 heavy (non-hydrogen) atoms. The van der Waals surface area contributed by atoms with Crippen LogP contribution in [0.5, 0.6) is 0 Å². The number of rotatable bonds is 11. The Morgan fingerprint density at radius 3 is 2.79 bits per heavy atom. The predicted octanol–water partition coefficient (Wildman–Crippen LogP) is 4.40. The monoisotopic (exact) mass is 512 g/mol. The van der Waals surface area contributed by atoms with Crippen LogP contribution in [0.4, 0.5) is 23.3 Å². The van der Waals surface area contributed by atoms with Crippen LogP contribution in [0.2, 0.25) is 0 Å². The molecule has 1 saturated carbocycles. The number of carbonyl (C=O) groups excluding carboxylic acids is 1. The number of nitrogens with zero attached hydrogens (tertiary/aromatic N) is 4. The minimum absolute atomic E-state index is 0.101. The highest BCUT2D eigenvalue weighted by atomic mass is 79.9. The minimum Gasteiger partial charge on any atom is -0.351 e. The summed E-state index contributed by atoms with van der Waals surface area (Å²) < 4.78 is 0.733. The SMILES string of the molecule is CCN(CC)CCNC(=O)c1cccc(Nc2ncc(Br)c(Nc3cc(C4CC4)n[nH]3)n2)c1. The molecule has 4 rings (SSSR count). The lowest BCUT2D eigenvalue weighted by molar-refractivity contribution is 0.0949. The van der Waals surface area contributed by atoms with Gasteiger partial charge in [-0.25, -0.2) is 4.98 Å². The maximum absolute atomic E-state index is 12.5. The number of likely N-dealkylation sites (N-methyl/N-ethyl adjacent to an activating group) is 1. The number of hydrogen-bond donors (Lipinski definition) is 4. The number of amides is 1. The largest absolute Gasteiger partial charge is 0.351 e. The summed E-state index contributed by atoms with van der Waals surface area (Å²) in [6.45, 7) is 7.62. The Bertz CT molecular complexity index is 1090. The summed E-state index contributed by atoms with van der Waals surface area (Å²) in [5.74, 6) is 2.29. The van der Waals surface area contributed by atoms with Crippen molar-refractivity contribution in [3.05, 3.63) is 52.3 Å². The number of aromatic amines is 1. The molecule has 1 aliphatic rings. The molecule has 0 bridgehead atoms. The lowest BCUT2D eigenvalue weighted by Gasteiger charge is -2.18. The highest BCUT2D eigenvalue weighted by Gasteiger charge is 2.26. The van der Waals surface area contributed by atoms with Crippen molar-refractivity contribution in [1.29, 1.82) is 0 Å². The summed E-state index contributed by atoms with van der Waals surface area (Å²) in [5, 5.41) is 16.8. The van der Waals surface area contributed by atoms with Crippen LogP contribution in [0.3, 0.4) is 0 Å². The van der Waals surface area contributed by atoms with Gasteiger partial charge in [0.2, 0.25) is 5.95 Å². The number of carbonyl (C=O) groups is 1. The summed E-state index contributed by atoms with van der Waals surface area (Å²) in [7, 11) is 0. The van der Waals surface area contributed by atoms with Crippen LogP contribution in [0.1, 0.15) is 48.7 Å². The van der Waals surface area contributed by atoms with Crippen molar-refractivity contribution < 1.29 is 4.79 Å². The standard InChI is InChI=1S/C23H29BrN8O/c1-3-32(4-2)11-10-25-22(33)16-6-5-7-17(12-16)27-23-26-14-18(24)21(29-23)28-20-13-19(30-31-20)15-8-9-15/h5-7,12-15H,3-4,8-11H2,1-2H3,(H,25,33)(H3,26,27,28,29,30,31). The summed E-state index contributed by atoms with van der Waals surface area (Å²) in [6, 6.07) is 9.32. The molecule has 0 atom stereocenters. The first-order chi connectivity index (χ1) is 16.1. The molecular formula is C23H29BrN8O. The minimum atomic E-state index is -0.101. The molecule has 3 aromatic rings. The van der Waals surface area contributed by atoms with E-state index in [9.17, 15) is 4.79 Å². The van der Waals surface area contributed by atoms with E-state index >= 15 is 0 Å². The zero-order valence-electron chi connectivity index (χ0n) is 18.9. The van der Waals surface area contributed by atoms with Gasteiger partial charge in [-0.15, -0.1) is 0 Å². The summed E-state index contributed by atoms with van der Waals surface area (Å²) >= 11 is 3.49. The van der Waals surface area contributed by atoms with Gasteiger partial charge in [0.1, 0.15) is 5.82 Å². The third-order valence-corrected chi connectivity index (χ3v) is 6.16. The molecule has 1 aliphatic carbocycles. The summed E-state index contributed by atoms with van der Waals surface area (Å²) in [4.78, 5) is 23.7. The van der Waals surface area contributed by atoms with E-state index < -0.39 is 0 Å². The Labute approximate surface area is 201 Å². The Kier molecular flexibility index (Phi) is 7.56. The smallest absolute Gasteiger partial charge is 0.251 e. The maximum atomic E-state index is 12.5. The summed E-state index contributed by atoms with van der Waals surface area (Å²) in [6.07, 6.45) is 4.07. The van der Waals surface area contributed by atoms with Crippen molar-refractivity contribution in [3.63, 3.8) is 0 Å². The molecule has 0 radical (unpaired) electrons. The fourth-order valence-electron chi connectivity index (χ4n) is 3.47. The molecule has 1 amide bonds. The normalized spacial score (nSPS) is 13.2. The van der Waals surface area contributed by atoms with Gasteiger partial charge < -0.3 is 20.9 Å². The number of hydrogen-bond acceptors (Lipinski definition) is 7. The second-order valence-electron chi connectivity index (χ2n) is 7.98. The average molecular weight is 513 g/mol. The Balaban J connectivity index is 1.39. The molecule has 0 spiro atoms. The van der Waals surface area contributed by atoms with Crippen molar-refractivity contribution in [1.82, 2.24) is 30.4 Å². The molecular weight excluding hydrogens is 484 g/mol. The molecule has 9 nitrogen and oxygen atoms in total. The van der Waals surface area contributed by atoms with E-state index in [1.807, 2.05) is 18.2 Å². The van der Waals surface area contributed by atoms with Gasteiger partial charge in [-0.2, -0.15) is 10.1 Å². The predicted molar refractivity (Wildman–Crippen MR) is 133 cm³/mol. The lowest BCUT2D eigenvalue weighted by Crippen LogP contribution is -2.34. The van der Waals surface area contributed by atoms with E-state index in [0.29, 0.717) is 29.8 Å². The molecule has 2 aromatic heterocycles. The van der Waals surface area contributed by atoms with Gasteiger partial charge in [0.25, 0.3) is 5.91 Å². The molecule has 2 heterocycles. The van der Waals surface area contributed by atoms with Crippen LogP contribution in [0, 0.1) is 0 Å². The van der Waals surface area contributed by atoms with Crippen molar-refractivity contribution in [2.24, 2.45) is 0 Å². The first-order valence-electron chi connectivity index (χ1n) is 11.3. The number of benzene rings is 1. The molecule has 0 aliphatic heterocycles. The van der Waals surface area contributed by atoms with Gasteiger partial charge in [-0.05, 0) is 60.1 Å². The van der Waals surface area contributed by atoms with Gasteiger partial charge in [0.05, 0.1) is 10.2 Å². The van der Waals surface area contributed by atoms with Gasteiger partial charge in [-0.1, -0.05) is 19.9 Å². The molecule has 174 valence electrons. The molecule has 0 saturated heterocycles. The molecule has 1 fully saturated rings. The number of nitrogens with one attached hydrogen (secondary N) is 4. The van der Waals surface area contributed by atoms with Crippen molar-refractivity contribution in [2.75, 3.05) is 36.8 Å². The van der Waals surface area contributed by atoms with Gasteiger partial charge in [0, 0.05) is 42.5 Å². The van der Waals surface area contributed by atoms with E-state index in [-0.39, 0.29) is 5.91 Å². The van der Waals surface area contributed by atoms with Crippen LogP contribution in [0.15, 0.2) is 41.0 Å².